The molecule has 2 aliphatic heterocycles. The molecule has 0 bridgehead atoms. The molecule has 0 aliphatic carbocycles. The second-order valence-corrected chi connectivity index (χ2v) is 7.92. The molecule has 3 heterocycles. The average molecular weight is 382 g/mol. The van der Waals surface area contributed by atoms with E-state index >= 15 is 0 Å². The molecule has 0 unspecified atom stereocenters. The van der Waals surface area contributed by atoms with Crippen molar-refractivity contribution in [2.45, 2.75) is 32.4 Å². The van der Waals surface area contributed by atoms with Gasteiger partial charge in [-0.2, -0.15) is 4.98 Å². The summed E-state index contributed by atoms with van der Waals surface area (Å²) in [6, 6.07) is 11.5. The van der Waals surface area contributed by atoms with Crippen molar-refractivity contribution < 1.29 is 4.74 Å². The van der Waals surface area contributed by atoms with E-state index in [2.05, 4.69) is 57.9 Å². The summed E-state index contributed by atoms with van der Waals surface area (Å²) in [5.41, 5.74) is 2.73. The molecule has 150 valence electrons. The molecule has 2 fully saturated rings. The Hall–Kier alpha value is -2.18. The molecule has 0 spiro atoms. The number of piperidine rings is 1. The van der Waals surface area contributed by atoms with Crippen molar-refractivity contribution in [2.75, 3.05) is 56.2 Å². The van der Waals surface area contributed by atoms with Gasteiger partial charge in [-0.1, -0.05) is 29.8 Å². The first-order valence-electron chi connectivity index (χ1n) is 10.4. The van der Waals surface area contributed by atoms with E-state index in [1.807, 2.05) is 12.3 Å². The van der Waals surface area contributed by atoms with Gasteiger partial charge in [0.2, 0.25) is 5.95 Å². The van der Waals surface area contributed by atoms with Crippen molar-refractivity contribution in [1.29, 1.82) is 0 Å². The summed E-state index contributed by atoms with van der Waals surface area (Å²) in [4.78, 5) is 16.4. The molecule has 28 heavy (non-hydrogen) atoms. The van der Waals surface area contributed by atoms with Gasteiger partial charge in [0.05, 0.1) is 13.2 Å². The van der Waals surface area contributed by atoms with Gasteiger partial charge in [0.25, 0.3) is 0 Å². The first kappa shape index (κ1) is 19.2. The molecule has 0 saturated carbocycles. The van der Waals surface area contributed by atoms with E-state index in [0.29, 0.717) is 6.04 Å². The Kier molecular flexibility index (Phi) is 6.07. The number of hydrogen-bond acceptors (Lipinski definition) is 6. The molecule has 4 rings (SSSR count). The molecule has 2 saturated heterocycles. The number of anilines is 2. The van der Waals surface area contributed by atoms with Crippen LogP contribution in [0.3, 0.4) is 0 Å². The fraction of sp³-hybridized carbons (Fsp3) is 0.545. The number of ether oxygens (including phenoxy) is 1. The van der Waals surface area contributed by atoms with Crippen LogP contribution in [0.1, 0.15) is 24.0 Å². The Labute approximate surface area is 168 Å². The number of morpholine rings is 1. The van der Waals surface area contributed by atoms with Crippen molar-refractivity contribution >= 4 is 11.8 Å². The van der Waals surface area contributed by atoms with Crippen molar-refractivity contribution in [3.05, 3.63) is 47.7 Å². The second kappa shape index (κ2) is 8.88. The molecule has 0 radical (unpaired) electrons. The van der Waals surface area contributed by atoms with Gasteiger partial charge in [-0.15, -0.1) is 0 Å². The predicted octanol–water partition coefficient (Wildman–Crippen LogP) is 2.72. The van der Waals surface area contributed by atoms with Crippen molar-refractivity contribution in [2.24, 2.45) is 0 Å². The highest BCUT2D eigenvalue weighted by Gasteiger charge is 2.24. The molecular formula is C22H31N5O. The molecule has 1 aromatic carbocycles. The summed E-state index contributed by atoms with van der Waals surface area (Å²) in [6.07, 6.45) is 4.22. The van der Waals surface area contributed by atoms with E-state index in [9.17, 15) is 0 Å². The maximum Gasteiger partial charge on any atom is 0.227 e. The third-order valence-electron chi connectivity index (χ3n) is 5.92. The molecule has 6 nitrogen and oxygen atoms in total. The second-order valence-electron chi connectivity index (χ2n) is 7.92. The van der Waals surface area contributed by atoms with Crippen LogP contribution in [0.2, 0.25) is 0 Å². The van der Waals surface area contributed by atoms with Gasteiger partial charge in [0.15, 0.2) is 0 Å². The quantitative estimate of drug-likeness (QED) is 0.794. The van der Waals surface area contributed by atoms with Crippen LogP contribution in [-0.2, 0) is 11.3 Å². The summed E-state index contributed by atoms with van der Waals surface area (Å²) in [5.74, 6) is 1.85. The number of aromatic nitrogens is 2. The number of likely N-dealkylation sites (tertiary alicyclic amines) is 1. The maximum absolute atomic E-state index is 5.44. The Morgan fingerprint density at radius 3 is 2.46 bits per heavy atom. The van der Waals surface area contributed by atoms with Gasteiger partial charge >= 0.3 is 0 Å². The highest BCUT2D eigenvalue weighted by molar-refractivity contribution is 5.44. The molecular weight excluding hydrogens is 350 g/mol. The summed E-state index contributed by atoms with van der Waals surface area (Å²) < 4.78 is 5.44. The van der Waals surface area contributed by atoms with E-state index in [1.165, 1.54) is 24.0 Å². The van der Waals surface area contributed by atoms with Crippen LogP contribution in [0.25, 0.3) is 0 Å². The lowest BCUT2D eigenvalue weighted by Crippen LogP contribution is -2.43. The van der Waals surface area contributed by atoms with E-state index in [-0.39, 0.29) is 0 Å². The summed E-state index contributed by atoms with van der Waals surface area (Å²) in [5, 5.41) is 0. The largest absolute Gasteiger partial charge is 0.378 e. The molecule has 2 aliphatic rings. The van der Waals surface area contributed by atoms with Gasteiger partial charge in [0.1, 0.15) is 5.82 Å². The monoisotopic (exact) mass is 381 g/mol. The zero-order valence-electron chi connectivity index (χ0n) is 17.0. The van der Waals surface area contributed by atoms with E-state index < -0.39 is 0 Å². The number of benzene rings is 1. The summed E-state index contributed by atoms with van der Waals surface area (Å²) in [6.45, 7) is 8.68. The minimum absolute atomic E-state index is 0.529. The van der Waals surface area contributed by atoms with Crippen LogP contribution in [0, 0.1) is 6.92 Å². The van der Waals surface area contributed by atoms with E-state index in [4.69, 9.17) is 9.72 Å². The first-order chi connectivity index (χ1) is 13.7. The Morgan fingerprint density at radius 2 is 1.75 bits per heavy atom. The van der Waals surface area contributed by atoms with Crippen LogP contribution in [0.5, 0.6) is 0 Å². The van der Waals surface area contributed by atoms with E-state index in [0.717, 1.165) is 57.7 Å². The maximum atomic E-state index is 5.44. The van der Waals surface area contributed by atoms with Gasteiger partial charge in [0, 0.05) is 52.0 Å². The number of hydrogen-bond donors (Lipinski definition) is 0. The van der Waals surface area contributed by atoms with Crippen molar-refractivity contribution in [3.63, 3.8) is 0 Å². The first-order valence-corrected chi connectivity index (χ1v) is 10.4. The highest BCUT2D eigenvalue weighted by atomic mass is 16.5. The number of rotatable bonds is 5. The minimum atomic E-state index is 0.529. The fourth-order valence-corrected chi connectivity index (χ4v) is 4.05. The minimum Gasteiger partial charge on any atom is -0.378 e. The van der Waals surface area contributed by atoms with Gasteiger partial charge in [-0.05, 0) is 31.4 Å². The molecule has 1 aromatic heterocycles. The van der Waals surface area contributed by atoms with Crippen LogP contribution < -0.4 is 9.80 Å². The molecule has 6 heteroatoms. The van der Waals surface area contributed by atoms with Gasteiger partial charge < -0.3 is 14.5 Å². The predicted molar refractivity (Wildman–Crippen MR) is 113 cm³/mol. The zero-order chi connectivity index (χ0) is 19.3. The number of aryl methyl sites for hydroxylation is 1. The highest BCUT2D eigenvalue weighted by Crippen LogP contribution is 2.23. The Morgan fingerprint density at radius 1 is 1.04 bits per heavy atom. The topological polar surface area (TPSA) is 44.7 Å². The molecule has 0 N–H and O–H groups in total. The Balaban J connectivity index is 1.33. The smallest absolute Gasteiger partial charge is 0.227 e. The summed E-state index contributed by atoms with van der Waals surface area (Å²) >= 11 is 0. The van der Waals surface area contributed by atoms with Crippen molar-refractivity contribution in [3.8, 4) is 0 Å². The normalized spacial score (nSPS) is 19.0. The van der Waals surface area contributed by atoms with Crippen LogP contribution >= 0.6 is 0 Å². The van der Waals surface area contributed by atoms with Crippen LogP contribution in [-0.4, -0.2) is 67.4 Å². The standard InChI is InChI=1S/C22H31N5O/c1-18-3-5-19(6-4-18)17-26-11-8-20(9-12-26)25(2)21-7-10-23-22(24-21)27-13-15-28-16-14-27/h3-7,10,20H,8-9,11-17H2,1-2H3. The Bertz CT molecular complexity index is 752. The molecule has 0 amide bonds. The van der Waals surface area contributed by atoms with Gasteiger partial charge in [-0.25, -0.2) is 4.98 Å². The lowest BCUT2D eigenvalue weighted by molar-refractivity contribution is 0.122. The average Bonchev–Trinajstić information content (AvgIpc) is 2.76. The van der Waals surface area contributed by atoms with Crippen LogP contribution in [0.15, 0.2) is 36.5 Å². The zero-order valence-corrected chi connectivity index (χ0v) is 17.0. The summed E-state index contributed by atoms with van der Waals surface area (Å²) in [7, 11) is 2.17. The molecule has 2 aromatic rings. The SMILES string of the molecule is Cc1ccc(CN2CCC(N(C)c3ccnc(N4CCOCC4)n3)CC2)cc1. The third kappa shape index (κ3) is 4.62. The van der Waals surface area contributed by atoms with Gasteiger partial charge in [-0.3, -0.25) is 4.90 Å². The van der Waals surface area contributed by atoms with Crippen molar-refractivity contribution in [1.82, 2.24) is 14.9 Å². The lowest BCUT2D eigenvalue weighted by Gasteiger charge is -2.37. The molecule has 0 atom stereocenters. The third-order valence-corrected chi connectivity index (χ3v) is 5.92. The number of nitrogens with zero attached hydrogens (tertiary/aromatic N) is 5. The van der Waals surface area contributed by atoms with E-state index in [1.54, 1.807) is 0 Å². The van der Waals surface area contributed by atoms with Crippen LogP contribution in [0.4, 0.5) is 11.8 Å². The fourth-order valence-electron chi connectivity index (χ4n) is 4.05. The lowest BCUT2D eigenvalue weighted by atomic mass is 10.0.